The number of aromatic nitrogens is 1. The number of pyridine rings is 1. The van der Waals surface area contributed by atoms with E-state index in [0.717, 1.165) is 10.5 Å². The van der Waals surface area contributed by atoms with Gasteiger partial charge >= 0.3 is 0 Å². The first-order valence-corrected chi connectivity index (χ1v) is 7.59. The van der Waals surface area contributed by atoms with Crippen LogP contribution in [-0.4, -0.2) is 10.7 Å². The summed E-state index contributed by atoms with van der Waals surface area (Å²) in [5, 5.41) is 1.23. The summed E-state index contributed by atoms with van der Waals surface area (Å²) in [6.07, 6.45) is 1.51. The van der Waals surface area contributed by atoms with E-state index in [-0.39, 0.29) is 6.04 Å². The first kappa shape index (κ1) is 15.4. The summed E-state index contributed by atoms with van der Waals surface area (Å²) in [7, 11) is 0. The van der Waals surface area contributed by atoms with E-state index in [4.69, 9.17) is 34.8 Å². The molecular formula is C13H14Cl2N4S. The van der Waals surface area contributed by atoms with Gasteiger partial charge in [0, 0.05) is 27.4 Å². The minimum atomic E-state index is -0.148. The van der Waals surface area contributed by atoms with Crippen molar-refractivity contribution in [3.63, 3.8) is 0 Å². The quantitative estimate of drug-likeness (QED) is 0.446. The third-order valence-electron chi connectivity index (χ3n) is 2.71. The minimum absolute atomic E-state index is 0.148. The molecule has 7 heteroatoms. The lowest BCUT2D eigenvalue weighted by Crippen LogP contribution is -2.30. The summed E-state index contributed by atoms with van der Waals surface area (Å²) in [5.74, 6) is 6.71. The third kappa shape index (κ3) is 4.01. The summed E-state index contributed by atoms with van der Waals surface area (Å²) < 4.78 is 0. The van der Waals surface area contributed by atoms with Crippen molar-refractivity contribution in [2.75, 3.05) is 11.5 Å². The summed E-state index contributed by atoms with van der Waals surface area (Å²) in [6.45, 7) is 0. The number of rotatable bonds is 5. The van der Waals surface area contributed by atoms with Gasteiger partial charge in [0.1, 0.15) is 5.82 Å². The Balaban J connectivity index is 2.11. The highest BCUT2D eigenvalue weighted by molar-refractivity contribution is 7.99. The van der Waals surface area contributed by atoms with Gasteiger partial charge in [0.15, 0.2) is 0 Å². The summed E-state index contributed by atoms with van der Waals surface area (Å²) >= 11 is 13.5. The van der Waals surface area contributed by atoms with E-state index >= 15 is 0 Å². The molecule has 0 aliphatic heterocycles. The molecule has 0 fully saturated rings. The molecule has 1 heterocycles. The van der Waals surface area contributed by atoms with Crippen LogP contribution in [0.15, 0.2) is 41.4 Å². The zero-order valence-corrected chi connectivity index (χ0v) is 12.8. The van der Waals surface area contributed by atoms with Crippen molar-refractivity contribution >= 4 is 40.8 Å². The molecule has 4 nitrogen and oxygen atoms in total. The SMILES string of the molecule is NNC(CSc1cccc(Cl)c1)c1cc(Cl)cnc1N. The molecule has 0 saturated carbocycles. The van der Waals surface area contributed by atoms with Gasteiger partial charge in [0.2, 0.25) is 0 Å². The van der Waals surface area contributed by atoms with E-state index in [1.54, 1.807) is 17.8 Å². The fourth-order valence-electron chi connectivity index (χ4n) is 1.71. The zero-order chi connectivity index (χ0) is 14.5. The van der Waals surface area contributed by atoms with Crippen molar-refractivity contribution < 1.29 is 0 Å². The van der Waals surface area contributed by atoms with Gasteiger partial charge in [-0.2, -0.15) is 0 Å². The molecule has 20 heavy (non-hydrogen) atoms. The number of benzene rings is 1. The number of thioether (sulfide) groups is 1. The average molecular weight is 329 g/mol. The topological polar surface area (TPSA) is 77.0 Å². The molecule has 1 atom stereocenters. The highest BCUT2D eigenvalue weighted by atomic mass is 35.5. The van der Waals surface area contributed by atoms with Crippen LogP contribution in [0.4, 0.5) is 5.82 Å². The van der Waals surface area contributed by atoms with Crippen LogP contribution in [0.2, 0.25) is 10.0 Å². The van der Waals surface area contributed by atoms with Gasteiger partial charge in [-0.1, -0.05) is 29.3 Å². The first-order chi connectivity index (χ1) is 9.60. The monoisotopic (exact) mass is 328 g/mol. The fourth-order valence-corrected chi connectivity index (χ4v) is 3.15. The van der Waals surface area contributed by atoms with Crippen molar-refractivity contribution in [3.05, 3.63) is 52.1 Å². The highest BCUT2D eigenvalue weighted by Gasteiger charge is 2.15. The van der Waals surface area contributed by atoms with Gasteiger partial charge in [0.25, 0.3) is 0 Å². The van der Waals surface area contributed by atoms with Crippen LogP contribution in [-0.2, 0) is 0 Å². The van der Waals surface area contributed by atoms with E-state index < -0.39 is 0 Å². The summed E-state index contributed by atoms with van der Waals surface area (Å²) in [5.41, 5.74) is 9.39. The number of hydrogen-bond donors (Lipinski definition) is 3. The Morgan fingerprint density at radius 1 is 1.25 bits per heavy atom. The molecule has 0 amide bonds. The van der Waals surface area contributed by atoms with Crippen LogP contribution in [0.5, 0.6) is 0 Å². The Bertz CT molecular complexity index is 594. The molecule has 0 spiro atoms. The van der Waals surface area contributed by atoms with Gasteiger partial charge < -0.3 is 5.73 Å². The Labute approximate surface area is 131 Å². The number of nitrogens with two attached hydrogens (primary N) is 2. The maximum absolute atomic E-state index is 5.96. The molecule has 0 bridgehead atoms. The van der Waals surface area contributed by atoms with Gasteiger partial charge in [-0.15, -0.1) is 11.8 Å². The first-order valence-electron chi connectivity index (χ1n) is 5.85. The second-order valence-corrected chi connectivity index (χ2v) is 6.08. The summed E-state index contributed by atoms with van der Waals surface area (Å²) in [4.78, 5) is 5.10. The smallest absolute Gasteiger partial charge is 0.128 e. The molecule has 5 N–H and O–H groups in total. The third-order valence-corrected chi connectivity index (χ3v) is 4.23. The molecule has 2 aromatic rings. The lowest BCUT2D eigenvalue weighted by atomic mass is 10.1. The van der Waals surface area contributed by atoms with Gasteiger partial charge in [0.05, 0.1) is 11.1 Å². The number of halogens is 2. The van der Waals surface area contributed by atoms with Crippen molar-refractivity contribution in [2.45, 2.75) is 10.9 Å². The van der Waals surface area contributed by atoms with Crippen molar-refractivity contribution in [1.29, 1.82) is 0 Å². The van der Waals surface area contributed by atoms with Crippen LogP contribution in [0.1, 0.15) is 11.6 Å². The molecule has 1 aromatic carbocycles. The van der Waals surface area contributed by atoms with Crippen molar-refractivity contribution in [3.8, 4) is 0 Å². The number of nitrogen functional groups attached to an aromatic ring is 1. The predicted molar refractivity (Wildman–Crippen MR) is 85.9 cm³/mol. The average Bonchev–Trinajstić information content (AvgIpc) is 2.43. The van der Waals surface area contributed by atoms with Crippen LogP contribution in [0, 0.1) is 0 Å². The Hall–Kier alpha value is -0.980. The largest absolute Gasteiger partial charge is 0.383 e. The Morgan fingerprint density at radius 2 is 2.05 bits per heavy atom. The molecule has 1 aromatic heterocycles. The van der Waals surface area contributed by atoms with Gasteiger partial charge in [-0.3, -0.25) is 11.3 Å². The number of anilines is 1. The van der Waals surface area contributed by atoms with E-state index in [0.29, 0.717) is 21.6 Å². The number of nitrogens with zero attached hydrogens (tertiary/aromatic N) is 1. The predicted octanol–water partition coefficient (Wildman–Crippen LogP) is 3.27. The standard InChI is InChI=1S/C13H14Cl2N4S/c14-8-2-1-3-10(4-8)20-7-12(19-17)11-5-9(15)6-18-13(11)16/h1-6,12,19H,7,17H2,(H2,16,18). The van der Waals surface area contributed by atoms with Crippen LogP contribution < -0.4 is 17.0 Å². The lowest BCUT2D eigenvalue weighted by Gasteiger charge is -2.17. The molecule has 0 radical (unpaired) electrons. The highest BCUT2D eigenvalue weighted by Crippen LogP contribution is 2.29. The Morgan fingerprint density at radius 3 is 2.75 bits per heavy atom. The number of hydrazine groups is 1. The molecule has 0 aliphatic carbocycles. The van der Waals surface area contributed by atoms with E-state index in [9.17, 15) is 0 Å². The second kappa shape index (κ2) is 7.15. The van der Waals surface area contributed by atoms with Crippen molar-refractivity contribution in [1.82, 2.24) is 10.4 Å². The van der Waals surface area contributed by atoms with E-state index in [1.165, 1.54) is 6.20 Å². The Kier molecular flexibility index (Phi) is 5.51. The fraction of sp³-hybridized carbons (Fsp3) is 0.154. The molecular weight excluding hydrogens is 315 g/mol. The van der Waals surface area contributed by atoms with E-state index in [1.807, 2.05) is 24.3 Å². The van der Waals surface area contributed by atoms with Crippen LogP contribution >= 0.6 is 35.0 Å². The lowest BCUT2D eigenvalue weighted by molar-refractivity contribution is 0.611. The molecule has 0 saturated heterocycles. The minimum Gasteiger partial charge on any atom is -0.383 e. The van der Waals surface area contributed by atoms with Crippen LogP contribution in [0.3, 0.4) is 0 Å². The summed E-state index contributed by atoms with van der Waals surface area (Å²) in [6, 6.07) is 9.26. The van der Waals surface area contributed by atoms with Crippen molar-refractivity contribution in [2.24, 2.45) is 5.84 Å². The second-order valence-electron chi connectivity index (χ2n) is 4.12. The molecule has 1 unspecified atom stereocenters. The zero-order valence-electron chi connectivity index (χ0n) is 10.5. The molecule has 2 rings (SSSR count). The number of nitrogens with one attached hydrogen (secondary N) is 1. The number of hydrogen-bond acceptors (Lipinski definition) is 5. The normalized spacial score (nSPS) is 12.3. The maximum atomic E-state index is 5.96. The molecule has 106 valence electrons. The van der Waals surface area contributed by atoms with Gasteiger partial charge in [-0.25, -0.2) is 4.98 Å². The maximum Gasteiger partial charge on any atom is 0.128 e. The van der Waals surface area contributed by atoms with Crippen LogP contribution in [0.25, 0.3) is 0 Å². The molecule has 0 aliphatic rings. The van der Waals surface area contributed by atoms with E-state index in [2.05, 4.69) is 10.4 Å². The van der Waals surface area contributed by atoms with Gasteiger partial charge in [-0.05, 0) is 24.3 Å².